The van der Waals surface area contributed by atoms with Crippen LogP contribution in [-0.2, 0) is 19.1 Å². The molecule has 0 aromatic rings. The van der Waals surface area contributed by atoms with Crippen molar-refractivity contribution >= 4 is 11.9 Å². The first kappa shape index (κ1) is 17.9. The second-order valence-corrected chi connectivity index (χ2v) is 4.39. The summed E-state index contributed by atoms with van der Waals surface area (Å²) in [5, 5.41) is 3.05. The number of nitrogens with one attached hydrogen (secondary N) is 1. The first-order valence-corrected chi connectivity index (χ1v) is 7.21. The molecule has 0 bridgehead atoms. The van der Waals surface area contributed by atoms with E-state index in [1.165, 1.54) is 0 Å². The van der Waals surface area contributed by atoms with E-state index in [-0.39, 0.29) is 18.4 Å². The monoisotopic (exact) mass is 273 g/mol. The molecule has 5 heteroatoms. The SMILES string of the molecule is CCCCNC(CC(=O)OCCCC)C(=O)OCC. The maximum Gasteiger partial charge on any atom is 0.323 e. The van der Waals surface area contributed by atoms with Crippen molar-refractivity contribution in [1.29, 1.82) is 0 Å². The second-order valence-electron chi connectivity index (χ2n) is 4.39. The Balaban J connectivity index is 4.15. The average molecular weight is 273 g/mol. The Morgan fingerprint density at radius 2 is 1.74 bits per heavy atom. The fourth-order valence-electron chi connectivity index (χ4n) is 1.49. The third kappa shape index (κ3) is 9.47. The van der Waals surface area contributed by atoms with Gasteiger partial charge in [0.1, 0.15) is 6.04 Å². The number of ether oxygens (including phenoxy) is 2. The lowest BCUT2D eigenvalue weighted by Gasteiger charge is -2.16. The lowest BCUT2D eigenvalue weighted by atomic mass is 10.2. The Morgan fingerprint density at radius 1 is 1.05 bits per heavy atom. The molecule has 0 aromatic heterocycles. The van der Waals surface area contributed by atoms with E-state index in [1.807, 2.05) is 6.92 Å². The Kier molecular flexibility index (Phi) is 11.3. The Bertz CT molecular complexity index is 256. The summed E-state index contributed by atoms with van der Waals surface area (Å²) in [6, 6.07) is -0.597. The molecule has 1 unspecified atom stereocenters. The van der Waals surface area contributed by atoms with Crippen molar-refractivity contribution in [3.8, 4) is 0 Å². The Morgan fingerprint density at radius 3 is 2.32 bits per heavy atom. The summed E-state index contributed by atoms with van der Waals surface area (Å²) >= 11 is 0. The van der Waals surface area contributed by atoms with Gasteiger partial charge in [0.25, 0.3) is 0 Å². The number of hydrogen-bond acceptors (Lipinski definition) is 5. The summed E-state index contributed by atoms with van der Waals surface area (Å²) in [4.78, 5) is 23.3. The molecule has 0 saturated carbocycles. The third-order valence-electron chi connectivity index (χ3n) is 2.62. The van der Waals surface area contributed by atoms with Crippen LogP contribution in [0.2, 0.25) is 0 Å². The van der Waals surface area contributed by atoms with Crippen LogP contribution >= 0.6 is 0 Å². The first-order chi connectivity index (χ1) is 9.15. The van der Waals surface area contributed by atoms with Gasteiger partial charge in [-0.05, 0) is 26.3 Å². The van der Waals surface area contributed by atoms with E-state index in [0.717, 1.165) is 25.7 Å². The molecule has 0 rings (SSSR count). The molecule has 1 N–H and O–H groups in total. The molecule has 112 valence electrons. The molecule has 19 heavy (non-hydrogen) atoms. The largest absolute Gasteiger partial charge is 0.466 e. The number of carbonyl (C=O) groups is 2. The van der Waals surface area contributed by atoms with Crippen LogP contribution in [0.15, 0.2) is 0 Å². The molecule has 0 heterocycles. The number of rotatable bonds is 11. The number of carbonyl (C=O) groups excluding carboxylic acids is 2. The van der Waals surface area contributed by atoms with Crippen molar-refractivity contribution in [1.82, 2.24) is 5.32 Å². The van der Waals surface area contributed by atoms with Gasteiger partial charge in [-0.15, -0.1) is 0 Å². The minimum absolute atomic E-state index is 0.0340. The Labute approximate surface area is 116 Å². The van der Waals surface area contributed by atoms with E-state index in [1.54, 1.807) is 6.92 Å². The normalized spacial score (nSPS) is 11.9. The van der Waals surface area contributed by atoms with Crippen LogP contribution in [0.25, 0.3) is 0 Å². The van der Waals surface area contributed by atoms with Crippen LogP contribution in [0.5, 0.6) is 0 Å². The fraction of sp³-hybridized carbons (Fsp3) is 0.857. The molecule has 1 atom stereocenters. The molecular formula is C14H27NO4. The fourth-order valence-corrected chi connectivity index (χ4v) is 1.49. The van der Waals surface area contributed by atoms with Gasteiger partial charge in [0, 0.05) is 0 Å². The van der Waals surface area contributed by atoms with Gasteiger partial charge >= 0.3 is 11.9 Å². The first-order valence-electron chi connectivity index (χ1n) is 7.21. The number of esters is 2. The van der Waals surface area contributed by atoms with Crippen LogP contribution in [0.4, 0.5) is 0 Å². The van der Waals surface area contributed by atoms with Gasteiger partial charge in [0.2, 0.25) is 0 Å². The average Bonchev–Trinajstić information content (AvgIpc) is 2.38. The summed E-state index contributed by atoms with van der Waals surface area (Å²) in [6.07, 6.45) is 3.85. The van der Waals surface area contributed by atoms with E-state index in [0.29, 0.717) is 19.8 Å². The zero-order valence-corrected chi connectivity index (χ0v) is 12.4. The van der Waals surface area contributed by atoms with Gasteiger partial charge in [0.05, 0.1) is 19.6 Å². The van der Waals surface area contributed by atoms with Crippen LogP contribution in [0, 0.1) is 0 Å². The van der Waals surface area contributed by atoms with Crippen LogP contribution in [0.3, 0.4) is 0 Å². The topological polar surface area (TPSA) is 64.6 Å². The molecule has 0 aliphatic rings. The smallest absolute Gasteiger partial charge is 0.323 e. The summed E-state index contributed by atoms with van der Waals surface area (Å²) in [5.74, 6) is -0.735. The highest BCUT2D eigenvalue weighted by atomic mass is 16.5. The second kappa shape index (κ2) is 12.0. The summed E-state index contributed by atoms with van der Waals surface area (Å²) < 4.78 is 10.0. The third-order valence-corrected chi connectivity index (χ3v) is 2.62. The van der Waals surface area contributed by atoms with Crippen molar-refractivity contribution < 1.29 is 19.1 Å². The molecule has 0 spiro atoms. The van der Waals surface area contributed by atoms with Crippen molar-refractivity contribution in [2.45, 2.75) is 58.9 Å². The highest BCUT2D eigenvalue weighted by Crippen LogP contribution is 2.01. The van der Waals surface area contributed by atoms with E-state index >= 15 is 0 Å². The summed E-state index contributed by atoms with van der Waals surface area (Å²) in [7, 11) is 0. The maximum absolute atomic E-state index is 11.7. The molecule has 0 saturated heterocycles. The molecule has 0 fully saturated rings. The van der Waals surface area contributed by atoms with Gasteiger partial charge in [-0.2, -0.15) is 0 Å². The van der Waals surface area contributed by atoms with Gasteiger partial charge in [-0.25, -0.2) is 0 Å². The van der Waals surface area contributed by atoms with Crippen LogP contribution in [0.1, 0.15) is 52.9 Å². The molecule has 0 aliphatic heterocycles. The summed E-state index contributed by atoms with van der Waals surface area (Å²) in [5.41, 5.74) is 0. The van der Waals surface area contributed by atoms with Gasteiger partial charge in [-0.3, -0.25) is 9.59 Å². The minimum atomic E-state index is -0.597. The summed E-state index contributed by atoms with van der Waals surface area (Å²) in [6.45, 7) is 7.28. The molecular weight excluding hydrogens is 246 g/mol. The van der Waals surface area contributed by atoms with Crippen molar-refractivity contribution in [2.75, 3.05) is 19.8 Å². The number of unbranched alkanes of at least 4 members (excludes halogenated alkanes) is 2. The standard InChI is InChI=1S/C14H27NO4/c1-4-7-9-15-12(14(17)18-6-3)11-13(16)19-10-8-5-2/h12,15H,4-11H2,1-3H3. The van der Waals surface area contributed by atoms with E-state index < -0.39 is 6.04 Å². The van der Waals surface area contributed by atoms with E-state index in [4.69, 9.17) is 9.47 Å². The van der Waals surface area contributed by atoms with E-state index in [9.17, 15) is 9.59 Å². The minimum Gasteiger partial charge on any atom is -0.466 e. The molecule has 0 aromatic carbocycles. The van der Waals surface area contributed by atoms with Gasteiger partial charge in [0.15, 0.2) is 0 Å². The van der Waals surface area contributed by atoms with E-state index in [2.05, 4.69) is 12.2 Å². The lowest BCUT2D eigenvalue weighted by molar-refractivity contribution is -0.152. The quantitative estimate of drug-likeness (QED) is 0.461. The highest BCUT2D eigenvalue weighted by Gasteiger charge is 2.23. The zero-order valence-electron chi connectivity index (χ0n) is 12.4. The zero-order chi connectivity index (χ0) is 14.5. The highest BCUT2D eigenvalue weighted by molar-refractivity contribution is 5.82. The predicted molar refractivity (Wildman–Crippen MR) is 73.8 cm³/mol. The maximum atomic E-state index is 11.7. The molecule has 5 nitrogen and oxygen atoms in total. The molecule has 0 amide bonds. The lowest BCUT2D eigenvalue weighted by Crippen LogP contribution is -2.40. The van der Waals surface area contributed by atoms with Crippen LogP contribution < -0.4 is 5.32 Å². The van der Waals surface area contributed by atoms with Crippen molar-refractivity contribution in [2.24, 2.45) is 0 Å². The Hall–Kier alpha value is -1.10. The molecule has 0 radical (unpaired) electrons. The molecule has 0 aliphatic carbocycles. The van der Waals surface area contributed by atoms with Crippen molar-refractivity contribution in [3.63, 3.8) is 0 Å². The predicted octanol–water partition coefficient (Wildman–Crippen LogP) is 2.04. The number of hydrogen-bond donors (Lipinski definition) is 1. The van der Waals surface area contributed by atoms with Crippen LogP contribution in [-0.4, -0.2) is 37.7 Å². The van der Waals surface area contributed by atoms with Gasteiger partial charge < -0.3 is 14.8 Å². The van der Waals surface area contributed by atoms with Crippen molar-refractivity contribution in [3.05, 3.63) is 0 Å². The van der Waals surface area contributed by atoms with Gasteiger partial charge in [-0.1, -0.05) is 26.7 Å².